The summed E-state index contributed by atoms with van der Waals surface area (Å²) < 4.78 is 12.7. The lowest BCUT2D eigenvalue weighted by atomic mass is 10.0. The second-order valence-electron chi connectivity index (χ2n) is 7.45. The van der Waals surface area contributed by atoms with Gasteiger partial charge in [0.15, 0.2) is 11.5 Å². The number of carbonyl (C=O) groups is 1. The average molecular weight is 495 g/mol. The Morgan fingerprint density at radius 1 is 1.00 bits per heavy atom. The number of hydrogen-bond donors (Lipinski definition) is 1. The Morgan fingerprint density at radius 2 is 1.78 bits per heavy atom. The van der Waals surface area contributed by atoms with Gasteiger partial charge in [0, 0.05) is 4.47 Å². The fourth-order valence-corrected chi connectivity index (χ4v) is 3.43. The first kappa shape index (κ1) is 23.5. The highest BCUT2D eigenvalue weighted by Crippen LogP contribution is 2.29. The van der Waals surface area contributed by atoms with Crippen LogP contribution in [0.25, 0.3) is 0 Å². The molecule has 0 saturated heterocycles. The van der Waals surface area contributed by atoms with Crippen LogP contribution in [0.4, 0.5) is 0 Å². The summed E-state index contributed by atoms with van der Waals surface area (Å²) >= 11 is 3.43. The number of carbonyl (C=O) groups excluding carboxylic acids is 1. The maximum absolute atomic E-state index is 12.2. The highest BCUT2D eigenvalue weighted by Gasteiger charge is 2.08. The lowest BCUT2D eigenvalue weighted by molar-refractivity contribution is -0.120. The summed E-state index contributed by atoms with van der Waals surface area (Å²) in [6.07, 6.45) is 1.89. The van der Waals surface area contributed by atoms with E-state index in [2.05, 4.69) is 32.5 Å². The molecule has 0 heterocycles. The number of amides is 1. The van der Waals surface area contributed by atoms with E-state index < -0.39 is 0 Å². The van der Waals surface area contributed by atoms with Gasteiger partial charge in [0.05, 0.1) is 19.2 Å². The summed E-state index contributed by atoms with van der Waals surface area (Å²) in [5.41, 5.74) is 7.73. The Balaban J connectivity index is 1.60. The van der Waals surface area contributed by atoms with Gasteiger partial charge >= 0.3 is 0 Å². The monoisotopic (exact) mass is 494 g/mol. The zero-order chi connectivity index (χ0) is 22.9. The van der Waals surface area contributed by atoms with E-state index in [9.17, 15) is 4.79 Å². The molecule has 0 aliphatic heterocycles. The van der Waals surface area contributed by atoms with Crippen molar-refractivity contribution in [2.45, 2.75) is 33.8 Å². The fourth-order valence-electron chi connectivity index (χ4n) is 3.17. The third-order valence-corrected chi connectivity index (χ3v) is 5.36. The Labute approximate surface area is 197 Å². The molecule has 3 rings (SSSR count). The van der Waals surface area contributed by atoms with Crippen molar-refractivity contribution in [3.63, 3.8) is 0 Å². The zero-order valence-corrected chi connectivity index (χ0v) is 20.1. The molecule has 3 aromatic carbocycles. The van der Waals surface area contributed by atoms with E-state index in [1.165, 1.54) is 5.56 Å². The van der Waals surface area contributed by atoms with Crippen molar-refractivity contribution in [2.24, 2.45) is 5.10 Å². The molecular formula is C26H27BrN2O3. The molecule has 166 valence electrons. The van der Waals surface area contributed by atoms with E-state index in [0.717, 1.165) is 26.7 Å². The van der Waals surface area contributed by atoms with E-state index in [1.54, 1.807) is 6.21 Å². The van der Waals surface area contributed by atoms with E-state index in [-0.39, 0.29) is 12.3 Å². The molecule has 0 aromatic heterocycles. The number of aryl methyl sites for hydroxylation is 2. The van der Waals surface area contributed by atoms with Crippen LogP contribution in [-0.4, -0.2) is 18.7 Å². The van der Waals surface area contributed by atoms with Crippen molar-refractivity contribution in [3.05, 3.63) is 93.0 Å². The molecule has 6 heteroatoms. The first-order valence-corrected chi connectivity index (χ1v) is 11.3. The van der Waals surface area contributed by atoms with Crippen LogP contribution in [0.15, 0.2) is 70.2 Å². The molecule has 0 saturated carbocycles. The normalized spacial score (nSPS) is 10.9. The van der Waals surface area contributed by atoms with Crippen molar-refractivity contribution < 1.29 is 14.3 Å². The molecule has 32 heavy (non-hydrogen) atoms. The van der Waals surface area contributed by atoms with Crippen LogP contribution in [0.1, 0.15) is 34.7 Å². The lowest BCUT2D eigenvalue weighted by Gasteiger charge is -2.12. The number of hydrogen-bond acceptors (Lipinski definition) is 4. The SMILES string of the molecule is CCOc1cc(/C=N/NC(=O)Cc2ccc(C)cc2C)ccc1OCc1ccc(Br)cc1. The summed E-state index contributed by atoms with van der Waals surface area (Å²) in [4.78, 5) is 12.2. The molecule has 5 nitrogen and oxygen atoms in total. The number of nitrogens with zero attached hydrogens (tertiary/aromatic N) is 1. The first-order chi connectivity index (χ1) is 15.4. The zero-order valence-electron chi connectivity index (χ0n) is 18.5. The molecule has 0 radical (unpaired) electrons. The van der Waals surface area contributed by atoms with Crippen molar-refractivity contribution >= 4 is 28.1 Å². The van der Waals surface area contributed by atoms with Crippen molar-refractivity contribution in [1.29, 1.82) is 0 Å². The van der Waals surface area contributed by atoms with Gasteiger partial charge in [0.25, 0.3) is 0 Å². The smallest absolute Gasteiger partial charge is 0.244 e. The molecule has 3 aromatic rings. The summed E-state index contributed by atoms with van der Waals surface area (Å²) in [5, 5.41) is 4.09. The van der Waals surface area contributed by atoms with E-state index in [4.69, 9.17) is 9.47 Å². The predicted octanol–water partition coefficient (Wildman–Crippen LogP) is 5.74. The van der Waals surface area contributed by atoms with E-state index >= 15 is 0 Å². The Morgan fingerprint density at radius 3 is 2.50 bits per heavy atom. The standard InChI is InChI=1S/C26H27BrN2O3/c1-4-31-25-14-21(8-12-24(25)32-17-20-6-10-23(27)11-7-20)16-28-29-26(30)15-22-9-5-18(2)13-19(22)3/h5-14,16H,4,15,17H2,1-3H3,(H,29,30)/b28-16+. The van der Waals surface area contributed by atoms with Gasteiger partial charge in [-0.3, -0.25) is 4.79 Å². The molecule has 0 aliphatic carbocycles. The minimum Gasteiger partial charge on any atom is -0.490 e. The third-order valence-electron chi connectivity index (χ3n) is 4.83. The van der Waals surface area contributed by atoms with Crippen LogP contribution in [0.3, 0.4) is 0 Å². The fraction of sp³-hybridized carbons (Fsp3) is 0.231. The van der Waals surface area contributed by atoms with Gasteiger partial charge in [-0.25, -0.2) is 5.43 Å². The highest BCUT2D eigenvalue weighted by molar-refractivity contribution is 9.10. The van der Waals surface area contributed by atoms with Crippen molar-refractivity contribution in [3.8, 4) is 11.5 Å². The van der Waals surface area contributed by atoms with Crippen molar-refractivity contribution in [1.82, 2.24) is 5.43 Å². The minimum atomic E-state index is -0.160. The van der Waals surface area contributed by atoms with Crippen LogP contribution in [0.5, 0.6) is 11.5 Å². The molecule has 0 fully saturated rings. The summed E-state index contributed by atoms with van der Waals surface area (Å²) in [5.74, 6) is 1.13. The van der Waals surface area contributed by atoms with Crippen molar-refractivity contribution in [2.75, 3.05) is 6.61 Å². The van der Waals surface area contributed by atoms with Gasteiger partial charge in [0.1, 0.15) is 6.61 Å². The lowest BCUT2D eigenvalue weighted by Crippen LogP contribution is -2.20. The summed E-state index contributed by atoms with van der Waals surface area (Å²) in [7, 11) is 0. The number of hydrazone groups is 1. The molecule has 0 bridgehead atoms. The maximum atomic E-state index is 12.2. The number of ether oxygens (including phenoxy) is 2. The number of nitrogens with one attached hydrogen (secondary N) is 1. The van der Waals surface area contributed by atoms with Gasteiger partial charge in [-0.05, 0) is 73.4 Å². The summed E-state index contributed by atoms with van der Waals surface area (Å²) in [6, 6.07) is 19.6. The van der Waals surface area contributed by atoms with E-state index in [0.29, 0.717) is 24.7 Å². The first-order valence-electron chi connectivity index (χ1n) is 10.5. The quantitative estimate of drug-likeness (QED) is 0.305. The van der Waals surface area contributed by atoms with Crippen LogP contribution in [0.2, 0.25) is 0 Å². The number of benzene rings is 3. The average Bonchev–Trinajstić information content (AvgIpc) is 2.76. The van der Waals surface area contributed by atoms with Crippen LogP contribution >= 0.6 is 15.9 Å². The molecule has 0 aliphatic rings. The van der Waals surface area contributed by atoms with E-state index in [1.807, 2.05) is 75.4 Å². The number of halogens is 1. The second-order valence-corrected chi connectivity index (χ2v) is 8.37. The van der Waals surface area contributed by atoms with Gasteiger partial charge in [0.2, 0.25) is 5.91 Å². The molecular weight excluding hydrogens is 468 g/mol. The maximum Gasteiger partial charge on any atom is 0.244 e. The molecule has 1 N–H and O–H groups in total. The largest absolute Gasteiger partial charge is 0.490 e. The minimum absolute atomic E-state index is 0.160. The van der Waals surface area contributed by atoms with Crippen LogP contribution in [0, 0.1) is 13.8 Å². The number of rotatable bonds is 9. The molecule has 0 unspecified atom stereocenters. The Bertz CT molecular complexity index is 1090. The molecule has 0 spiro atoms. The van der Waals surface area contributed by atoms with Crippen LogP contribution < -0.4 is 14.9 Å². The topological polar surface area (TPSA) is 59.9 Å². The second kappa shape index (κ2) is 11.5. The third kappa shape index (κ3) is 6.95. The van der Waals surface area contributed by atoms with Gasteiger partial charge < -0.3 is 9.47 Å². The Kier molecular flexibility index (Phi) is 8.45. The highest BCUT2D eigenvalue weighted by atomic mass is 79.9. The van der Waals surface area contributed by atoms with Gasteiger partial charge in [-0.1, -0.05) is 51.8 Å². The Hall–Kier alpha value is -3.12. The van der Waals surface area contributed by atoms with Gasteiger partial charge in [-0.2, -0.15) is 5.10 Å². The summed E-state index contributed by atoms with van der Waals surface area (Å²) in [6.45, 7) is 6.92. The van der Waals surface area contributed by atoms with Crippen LogP contribution in [-0.2, 0) is 17.8 Å². The predicted molar refractivity (Wildman–Crippen MR) is 131 cm³/mol. The molecule has 1 amide bonds. The van der Waals surface area contributed by atoms with Gasteiger partial charge in [-0.15, -0.1) is 0 Å². The molecule has 0 atom stereocenters.